The van der Waals surface area contributed by atoms with Crippen molar-refractivity contribution in [1.82, 2.24) is 10.6 Å². The first kappa shape index (κ1) is 19.4. The SMILES string of the molecule is CC(=O)N[C@H](COCc1ccccc1)C(=O)NCC1COC(C)(C)O1. The van der Waals surface area contributed by atoms with Gasteiger partial charge in [0.25, 0.3) is 0 Å². The van der Waals surface area contributed by atoms with Crippen LogP contribution in [0.4, 0.5) is 0 Å². The molecule has 1 aromatic carbocycles. The minimum absolute atomic E-state index is 0.0911. The summed E-state index contributed by atoms with van der Waals surface area (Å²) < 4.78 is 16.7. The molecule has 2 atom stereocenters. The number of nitrogens with one attached hydrogen (secondary N) is 2. The molecule has 0 aliphatic carbocycles. The zero-order valence-electron chi connectivity index (χ0n) is 14.9. The normalized spacial score (nSPS) is 20.0. The average molecular weight is 350 g/mol. The van der Waals surface area contributed by atoms with E-state index in [2.05, 4.69) is 10.6 Å². The topological polar surface area (TPSA) is 85.9 Å². The van der Waals surface area contributed by atoms with Crippen LogP contribution < -0.4 is 10.6 Å². The van der Waals surface area contributed by atoms with E-state index in [1.807, 2.05) is 44.2 Å². The minimum atomic E-state index is -0.753. The van der Waals surface area contributed by atoms with Gasteiger partial charge in [0.15, 0.2) is 5.79 Å². The van der Waals surface area contributed by atoms with Crippen LogP contribution in [0.25, 0.3) is 0 Å². The Kier molecular flexibility index (Phi) is 6.92. The number of carbonyl (C=O) groups is 2. The summed E-state index contributed by atoms with van der Waals surface area (Å²) in [5, 5.41) is 5.39. The maximum absolute atomic E-state index is 12.3. The molecule has 1 fully saturated rings. The zero-order valence-corrected chi connectivity index (χ0v) is 14.9. The number of ether oxygens (including phenoxy) is 3. The van der Waals surface area contributed by atoms with Gasteiger partial charge in [0.1, 0.15) is 12.1 Å². The van der Waals surface area contributed by atoms with E-state index in [9.17, 15) is 9.59 Å². The molecule has 1 aliphatic heterocycles. The lowest BCUT2D eigenvalue weighted by atomic mass is 10.2. The van der Waals surface area contributed by atoms with E-state index in [1.54, 1.807) is 0 Å². The second-order valence-electron chi connectivity index (χ2n) is 6.45. The van der Waals surface area contributed by atoms with Crippen LogP contribution in [-0.4, -0.2) is 49.5 Å². The molecular weight excluding hydrogens is 324 g/mol. The van der Waals surface area contributed by atoms with Gasteiger partial charge in [-0.1, -0.05) is 30.3 Å². The number of hydrogen-bond acceptors (Lipinski definition) is 5. The highest BCUT2D eigenvalue weighted by Gasteiger charge is 2.33. The maximum Gasteiger partial charge on any atom is 0.245 e. The van der Waals surface area contributed by atoms with Crippen LogP contribution in [0.5, 0.6) is 0 Å². The quantitative estimate of drug-likeness (QED) is 0.730. The van der Waals surface area contributed by atoms with Crippen molar-refractivity contribution in [2.45, 2.75) is 45.3 Å². The Morgan fingerprint density at radius 3 is 2.64 bits per heavy atom. The van der Waals surface area contributed by atoms with Crippen molar-refractivity contribution in [1.29, 1.82) is 0 Å². The Labute approximate surface area is 148 Å². The van der Waals surface area contributed by atoms with E-state index in [-0.39, 0.29) is 24.5 Å². The van der Waals surface area contributed by atoms with Crippen molar-refractivity contribution in [3.05, 3.63) is 35.9 Å². The predicted molar refractivity (Wildman–Crippen MR) is 91.6 cm³/mol. The van der Waals surface area contributed by atoms with Gasteiger partial charge in [0, 0.05) is 13.5 Å². The number of rotatable bonds is 8. The monoisotopic (exact) mass is 350 g/mol. The zero-order chi connectivity index (χ0) is 18.3. The maximum atomic E-state index is 12.3. The molecule has 1 heterocycles. The lowest BCUT2D eigenvalue weighted by molar-refractivity contribution is -0.140. The molecule has 1 aromatic rings. The summed E-state index contributed by atoms with van der Waals surface area (Å²) in [6.45, 7) is 6.22. The Hall–Kier alpha value is -1.96. The van der Waals surface area contributed by atoms with Crippen LogP contribution in [0.1, 0.15) is 26.3 Å². The molecule has 0 radical (unpaired) electrons. The molecule has 2 rings (SSSR count). The van der Waals surface area contributed by atoms with Gasteiger partial charge in [0.05, 0.1) is 19.8 Å². The first-order valence-corrected chi connectivity index (χ1v) is 8.34. The molecular formula is C18H26N2O5. The highest BCUT2D eigenvalue weighted by Crippen LogP contribution is 2.21. The fourth-order valence-corrected chi connectivity index (χ4v) is 2.50. The molecule has 1 aliphatic rings. The van der Waals surface area contributed by atoms with Gasteiger partial charge in [-0.15, -0.1) is 0 Å². The van der Waals surface area contributed by atoms with Crippen LogP contribution in [0, 0.1) is 0 Å². The molecule has 1 saturated heterocycles. The number of amides is 2. The lowest BCUT2D eigenvalue weighted by Gasteiger charge is -2.20. The summed E-state index contributed by atoms with van der Waals surface area (Å²) in [6.07, 6.45) is -0.206. The van der Waals surface area contributed by atoms with Gasteiger partial charge in [-0.3, -0.25) is 9.59 Å². The molecule has 0 spiro atoms. The molecule has 2 amide bonds. The number of carbonyl (C=O) groups excluding carboxylic acids is 2. The third-order valence-corrected chi connectivity index (χ3v) is 3.66. The van der Waals surface area contributed by atoms with Crippen molar-refractivity contribution in [2.24, 2.45) is 0 Å². The Morgan fingerprint density at radius 2 is 2.04 bits per heavy atom. The molecule has 0 aromatic heterocycles. The first-order chi connectivity index (χ1) is 11.9. The van der Waals surface area contributed by atoms with Crippen LogP contribution >= 0.6 is 0 Å². The largest absolute Gasteiger partial charge is 0.374 e. The van der Waals surface area contributed by atoms with Gasteiger partial charge in [0.2, 0.25) is 11.8 Å². The molecule has 2 N–H and O–H groups in total. The van der Waals surface area contributed by atoms with Crippen LogP contribution in [0.3, 0.4) is 0 Å². The summed E-state index contributed by atoms with van der Waals surface area (Å²) in [4.78, 5) is 23.7. The van der Waals surface area contributed by atoms with Crippen LogP contribution in [-0.2, 0) is 30.4 Å². The predicted octanol–water partition coefficient (Wildman–Crippen LogP) is 0.976. The van der Waals surface area contributed by atoms with E-state index in [0.717, 1.165) is 5.56 Å². The van der Waals surface area contributed by atoms with E-state index in [4.69, 9.17) is 14.2 Å². The van der Waals surface area contributed by atoms with E-state index < -0.39 is 11.8 Å². The second kappa shape index (κ2) is 8.94. The van der Waals surface area contributed by atoms with Crippen molar-refractivity contribution in [3.8, 4) is 0 Å². The Morgan fingerprint density at radius 1 is 1.32 bits per heavy atom. The van der Waals surface area contributed by atoms with Crippen molar-refractivity contribution in [3.63, 3.8) is 0 Å². The smallest absolute Gasteiger partial charge is 0.245 e. The summed E-state index contributed by atoms with van der Waals surface area (Å²) in [6, 6.07) is 8.88. The third kappa shape index (κ3) is 6.81. The van der Waals surface area contributed by atoms with Gasteiger partial charge in [-0.25, -0.2) is 0 Å². The average Bonchev–Trinajstić information content (AvgIpc) is 2.91. The standard InChI is InChI=1S/C18H26N2O5/c1-13(21)20-16(12-23-10-14-7-5-4-6-8-14)17(22)19-9-15-11-24-18(2,3)25-15/h4-8,15-16H,9-12H2,1-3H3,(H,19,22)(H,20,21)/t15?,16-/m1/s1. The summed E-state index contributed by atoms with van der Waals surface area (Å²) in [7, 11) is 0. The lowest BCUT2D eigenvalue weighted by Crippen LogP contribution is -2.50. The fraction of sp³-hybridized carbons (Fsp3) is 0.556. The molecule has 25 heavy (non-hydrogen) atoms. The van der Waals surface area contributed by atoms with E-state index in [1.165, 1.54) is 6.92 Å². The molecule has 7 nitrogen and oxygen atoms in total. The third-order valence-electron chi connectivity index (χ3n) is 3.66. The molecule has 7 heteroatoms. The van der Waals surface area contributed by atoms with Gasteiger partial charge in [-0.2, -0.15) is 0 Å². The number of hydrogen-bond donors (Lipinski definition) is 2. The molecule has 0 saturated carbocycles. The van der Waals surface area contributed by atoms with Crippen molar-refractivity contribution < 1.29 is 23.8 Å². The summed E-state index contributed by atoms with van der Waals surface area (Å²) in [5.41, 5.74) is 1.00. The highest BCUT2D eigenvalue weighted by molar-refractivity contribution is 5.86. The summed E-state index contributed by atoms with van der Waals surface area (Å²) >= 11 is 0. The molecule has 0 bridgehead atoms. The van der Waals surface area contributed by atoms with Gasteiger partial charge >= 0.3 is 0 Å². The Balaban J connectivity index is 1.79. The van der Waals surface area contributed by atoms with Gasteiger partial charge < -0.3 is 24.8 Å². The Bertz CT molecular complexity index is 576. The van der Waals surface area contributed by atoms with Crippen LogP contribution in [0.2, 0.25) is 0 Å². The summed E-state index contributed by atoms with van der Waals surface area (Å²) in [5.74, 6) is -1.23. The number of benzene rings is 1. The first-order valence-electron chi connectivity index (χ1n) is 8.34. The highest BCUT2D eigenvalue weighted by atomic mass is 16.7. The molecule has 138 valence electrons. The van der Waals surface area contributed by atoms with Gasteiger partial charge in [-0.05, 0) is 19.4 Å². The molecule has 1 unspecified atom stereocenters. The van der Waals surface area contributed by atoms with Crippen molar-refractivity contribution >= 4 is 11.8 Å². The second-order valence-corrected chi connectivity index (χ2v) is 6.45. The van der Waals surface area contributed by atoms with E-state index >= 15 is 0 Å². The van der Waals surface area contributed by atoms with E-state index in [0.29, 0.717) is 19.8 Å². The minimum Gasteiger partial charge on any atom is -0.374 e. The van der Waals surface area contributed by atoms with Crippen LogP contribution in [0.15, 0.2) is 30.3 Å². The van der Waals surface area contributed by atoms with Crippen molar-refractivity contribution in [2.75, 3.05) is 19.8 Å². The fourth-order valence-electron chi connectivity index (χ4n) is 2.50.